The van der Waals surface area contributed by atoms with Gasteiger partial charge >= 0.3 is 13.6 Å². The molecule has 0 fully saturated rings. The van der Waals surface area contributed by atoms with Crippen LogP contribution in [0.25, 0.3) is 0 Å². The van der Waals surface area contributed by atoms with Gasteiger partial charge in [0, 0.05) is 6.42 Å². The van der Waals surface area contributed by atoms with Gasteiger partial charge in [0.05, 0.1) is 6.16 Å². The number of carbonyl (C=O) groups is 1. The first-order chi connectivity index (χ1) is 5.45. The van der Waals surface area contributed by atoms with E-state index in [-0.39, 0.29) is 6.61 Å². The highest BCUT2D eigenvalue weighted by Crippen LogP contribution is 2.33. The molecule has 0 amide bonds. The molecule has 0 aliphatic rings. The van der Waals surface area contributed by atoms with Gasteiger partial charge in [-0.15, -0.1) is 0 Å². The maximum Gasteiger partial charge on any atom is 0.328 e. The Morgan fingerprint density at radius 3 is 2.50 bits per heavy atom. The monoisotopic (exact) mass is 196 g/mol. The van der Waals surface area contributed by atoms with E-state index >= 15 is 0 Å². The third-order valence-corrected chi connectivity index (χ3v) is 1.86. The summed E-state index contributed by atoms with van der Waals surface area (Å²) >= 11 is 0. The van der Waals surface area contributed by atoms with Crippen molar-refractivity contribution in [2.45, 2.75) is 19.8 Å². The molecule has 5 nitrogen and oxygen atoms in total. The first-order valence-corrected chi connectivity index (χ1v) is 5.45. The fourth-order valence-corrected chi connectivity index (χ4v) is 0.884. The van der Waals surface area contributed by atoms with E-state index in [2.05, 4.69) is 4.74 Å². The summed E-state index contributed by atoms with van der Waals surface area (Å²) < 4.78 is 14.8. The van der Waals surface area contributed by atoms with Crippen LogP contribution in [0.2, 0.25) is 0 Å². The van der Waals surface area contributed by atoms with Gasteiger partial charge in [-0.25, -0.2) is 0 Å². The number of hydrogen-bond acceptors (Lipinski definition) is 3. The van der Waals surface area contributed by atoms with Gasteiger partial charge < -0.3 is 14.5 Å². The predicted octanol–water partition coefficient (Wildman–Crippen LogP) is 0.507. The summed E-state index contributed by atoms with van der Waals surface area (Å²) in [6.45, 7) is 1.62. The summed E-state index contributed by atoms with van der Waals surface area (Å²) in [5.41, 5.74) is 0. The van der Waals surface area contributed by atoms with E-state index in [0.29, 0.717) is 12.8 Å². The Bertz CT molecular complexity index is 184. The van der Waals surface area contributed by atoms with E-state index in [4.69, 9.17) is 9.79 Å². The molecule has 0 bridgehead atoms. The molecule has 6 heteroatoms. The zero-order valence-corrected chi connectivity index (χ0v) is 7.79. The van der Waals surface area contributed by atoms with Gasteiger partial charge in [-0.2, -0.15) is 0 Å². The molecule has 0 aromatic rings. The fraction of sp³-hybridized carbons (Fsp3) is 0.833. The third-order valence-electron chi connectivity index (χ3n) is 1.10. The lowest BCUT2D eigenvalue weighted by atomic mass is 10.3. The smallest absolute Gasteiger partial charge is 0.328 e. The quantitative estimate of drug-likeness (QED) is 0.494. The largest absolute Gasteiger partial charge is 0.465 e. The first kappa shape index (κ1) is 11.6. The van der Waals surface area contributed by atoms with Crippen LogP contribution in [-0.4, -0.2) is 28.5 Å². The minimum atomic E-state index is -4.02. The highest BCUT2D eigenvalue weighted by molar-refractivity contribution is 7.51. The van der Waals surface area contributed by atoms with Crippen molar-refractivity contribution in [3.63, 3.8) is 0 Å². The second-order valence-corrected chi connectivity index (χ2v) is 4.14. The van der Waals surface area contributed by atoms with Gasteiger partial charge in [-0.1, -0.05) is 6.92 Å². The average Bonchev–Trinajstić information content (AvgIpc) is 1.84. The van der Waals surface area contributed by atoms with Gasteiger partial charge in [0.1, 0.15) is 6.61 Å². The van der Waals surface area contributed by atoms with Gasteiger partial charge in [-0.3, -0.25) is 9.36 Å². The van der Waals surface area contributed by atoms with Crippen molar-refractivity contribution in [3.05, 3.63) is 0 Å². The minimum absolute atomic E-state index is 0.205. The third kappa shape index (κ3) is 7.72. The van der Waals surface area contributed by atoms with E-state index in [9.17, 15) is 9.36 Å². The van der Waals surface area contributed by atoms with Crippen molar-refractivity contribution in [1.29, 1.82) is 0 Å². The van der Waals surface area contributed by atoms with Crippen molar-refractivity contribution >= 4 is 13.6 Å². The van der Waals surface area contributed by atoms with Crippen molar-refractivity contribution in [3.8, 4) is 0 Å². The summed E-state index contributed by atoms with van der Waals surface area (Å²) in [4.78, 5) is 27.4. The van der Waals surface area contributed by atoms with Crippen LogP contribution in [0.5, 0.6) is 0 Å². The van der Waals surface area contributed by atoms with E-state index in [0.717, 1.165) is 0 Å². The Morgan fingerprint density at radius 2 is 2.08 bits per heavy atom. The number of esters is 1. The predicted molar refractivity (Wildman–Crippen MR) is 42.8 cm³/mol. The molecule has 0 aromatic heterocycles. The lowest BCUT2D eigenvalue weighted by Crippen LogP contribution is -2.08. The second-order valence-electron chi connectivity index (χ2n) is 2.36. The number of ether oxygens (including phenoxy) is 1. The molecule has 2 N–H and O–H groups in total. The molecule has 0 saturated heterocycles. The Morgan fingerprint density at radius 1 is 1.50 bits per heavy atom. The number of rotatable bonds is 5. The van der Waals surface area contributed by atoms with Gasteiger partial charge in [0.15, 0.2) is 0 Å². The second kappa shape index (κ2) is 5.30. The van der Waals surface area contributed by atoms with Gasteiger partial charge in [0.2, 0.25) is 0 Å². The maximum atomic E-state index is 10.7. The summed E-state index contributed by atoms with van der Waals surface area (Å²) in [6.07, 6.45) is 0.568. The number of carbonyl (C=O) groups excluding carboxylic acids is 1. The lowest BCUT2D eigenvalue weighted by molar-refractivity contribution is -0.143. The standard InChI is InChI=1S/C6H13O5P/c1-2-3-6(7)11-4-5-12(8,9)10/h2-5H2,1H3,(H2,8,9,10). The first-order valence-electron chi connectivity index (χ1n) is 3.66. The molecule has 0 heterocycles. The number of hydrogen-bond donors (Lipinski definition) is 2. The van der Waals surface area contributed by atoms with Crippen LogP contribution in [0.15, 0.2) is 0 Å². The van der Waals surface area contributed by atoms with E-state index in [1.807, 2.05) is 6.92 Å². The summed E-state index contributed by atoms with van der Waals surface area (Å²) in [7, 11) is -4.02. The van der Waals surface area contributed by atoms with Crippen LogP contribution in [0.1, 0.15) is 19.8 Å². The fourth-order valence-electron chi connectivity index (χ4n) is 0.555. The zero-order valence-electron chi connectivity index (χ0n) is 6.89. The van der Waals surface area contributed by atoms with Gasteiger partial charge in [0.25, 0.3) is 0 Å². The lowest BCUT2D eigenvalue weighted by Gasteiger charge is -2.04. The van der Waals surface area contributed by atoms with Crippen LogP contribution >= 0.6 is 7.60 Å². The van der Waals surface area contributed by atoms with Crippen LogP contribution in [0, 0.1) is 0 Å². The molecule has 0 radical (unpaired) electrons. The van der Waals surface area contributed by atoms with Crippen molar-refractivity contribution < 1.29 is 23.9 Å². The SMILES string of the molecule is CCCC(=O)OCCP(=O)(O)O. The highest BCUT2D eigenvalue weighted by Gasteiger charge is 2.13. The summed E-state index contributed by atoms with van der Waals surface area (Å²) in [5.74, 6) is -0.411. The summed E-state index contributed by atoms with van der Waals surface area (Å²) in [6, 6.07) is 0. The Kier molecular flexibility index (Phi) is 5.13. The van der Waals surface area contributed by atoms with Crippen LogP contribution in [-0.2, 0) is 14.1 Å². The van der Waals surface area contributed by atoms with Crippen molar-refractivity contribution in [2.75, 3.05) is 12.8 Å². The van der Waals surface area contributed by atoms with Crippen LogP contribution < -0.4 is 0 Å². The van der Waals surface area contributed by atoms with Crippen LogP contribution in [0.4, 0.5) is 0 Å². The molecule has 72 valence electrons. The minimum Gasteiger partial charge on any atom is -0.465 e. The average molecular weight is 196 g/mol. The molecule has 0 aliphatic carbocycles. The molecular weight excluding hydrogens is 183 g/mol. The molecular formula is C6H13O5P. The molecule has 0 aromatic carbocycles. The Hall–Kier alpha value is -0.380. The van der Waals surface area contributed by atoms with E-state index < -0.39 is 19.7 Å². The van der Waals surface area contributed by atoms with E-state index in [1.54, 1.807) is 0 Å². The molecule has 0 atom stereocenters. The van der Waals surface area contributed by atoms with Gasteiger partial charge in [-0.05, 0) is 6.42 Å². The molecule has 0 unspecified atom stereocenters. The van der Waals surface area contributed by atoms with Crippen molar-refractivity contribution in [2.24, 2.45) is 0 Å². The molecule has 0 aliphatic heterocycles. The molecule has 0 saturated carbocycles. The zero-order chi connectivity index (χ0) is 9.61. The summed E-state index contributed by atoms with van der Waals surface area (Å²) in [5, 5.41) is 0. The molecule has 0 rings (SSSR count). The van der Waals surface area contributed by atoms with E-state index in [1.165, 1.54) is 0 Å². The topological polar surface area (TPSA) is 83.8 Å². The molecule has 12 heavy (non-hydrogen) atoms. The molecule has 0 spiro atoms. The normalized spacial score (nSPS) is 11.2. The maximum absolute atomic E-state index is 10.7. The highest BCUT2D eigenvalue weighted by atomic mass is 31.2. The Balaban J connectivity index is 3.44. The van der Waals surface area contributed by atoms with Crippen LogP contribution in [0.3, 0.4) is 0 Å². The van der Waals surface area contributed by atoms with Crippen molar-refractivity contribution in [1.82, 2.24) is 0 Å². The Labute approximate surface area is 70.9 Å².